The van der Waals surface area contributed by atoms with E-state index in [0.717, 1.165) is 33.1 Å². The van der Waals surface area contributed by atoms with Gasteiger partial charge in [0.1, 0.15) is 11.6 Å². The fraction of sp³-hybridized carbons (Fsp3) is 0.316. The first-order valence-electron chi connectivity index (χ1n) is 8.36. The predicted octanol–water partition coefficient (Wildman–Crippen LogP) is 3.74. The van der Waals surface area contributed by atoms with Crippen molar-refractivity contribution in [3.63, 3.8) is 0 Å². The molecule has 136 valence electrons. The smallest absolute Gasteiger partial charge is 0.225 e. The Balaban J connectivity index is 1.79. The van der Waals surface area contributed by atoms with Crippen LogP contribution in [-0.4, -0.2) is 27.8 Å². The summed E-state index contributed by atoms with van der Waals surface area (Å²) in [5, 5.41) is 7.49. The normalized spacial score (nSPS) is 10.8. The van der Waals surface area contributed by atoms with Crippen molar-refractivity contribution in [3.05, 3.63) is 46.0 Å². The first-order valence-corrected chi connectivity index (χ1v) is 9.24. The zero-order valence-corrected chi connectivity index (χ0v) is 16.2. The van der Waals surface area contributed by atoms with Crippen molar-refractivity contribution < 1.29 is 9.53 Å². The summed E-state index contributed by atoms with van der Waals surface area (Å²) in [7, 11) is 3.48. The lowest BCUT2D eigenvalue weighted by molar-refractivity contribution is -0.116. The van der Waals surface area contributed by atoms with Crippen molar-refractivity contribution in [1.29, 1.82) is 0 Å². The van der Waals surface area contributed by atoms with Gasteiger partial charge in [-0.2, -0.15) is 5.10 Å². The highest BCUT2D eigenvalue weighted by Gasteiger charge is 2.17. The van der Waals surface area contributed by atoms with Gasteiger partial charge >= 0.3 is 0 Å². The molecule has 0 unspecified atom stereocenters. The fourth-order valence-electron chi connectivity index (χ4n) is 2.89. The number of carbonyl (C=O) groups is 1. The third-order valence-electron chi connectivity index (χ3n) is 4.28. The molecule has 0 aliphatic rings. The lowest BCUT2D eigenvalue weighted by Crippen LogP contribution is -2.15. The highest BCUT2D eigenvalue weighted by atomic mass is 32.1. The maximum Gasteiger partial charge on any atom is 0.225 e. The minimum Gasteiger partial charge on any atom is -0.497 e. The van der Waals surface area contributed by atoms with Crippen LogP contribution in [0.25, 0.3) is 11.1 Å². The SMILES string of the molecule is COc1ccc(-c2c(C)nn(C)c2NC(=O)CCc2scnc2C)cc1. The third-order valence-corrected chi connectivity index (χ3v) is 5.28. The standard InChI is InChI=1S/C19H22N4O2S/c1-12-16(26-11-20-12)9-10-17(24)21-19-18(13(2)22-23(19)3)14-5-7-15(25-4)8-6-14/h5-8,11H,9-10H2,1-4H3,(H,21,24). The molecule has 6 nitrogen and oxygen atoms in total. The van der Waals surface area contributed by atoms with Crippen molar-refractivity contribution in [3.8, 4) is 16.9 Å². The Kier molecular flexibility index (Phi) is 5.37. The second kappa shape index (κ2) is 7.70. The van der Waals surface area contributed by atoms with Gasteiger partial charge in [0.25, 0.3) is 0 Å². The molecule has 0 aliphatic carbocycles. The van der Waals surface area contributed by atoms with Gasteiger partial charge in [0.05, 0.1) is 24.0 Å². The van der Waals surface area contributed by atoms with E-state index in [0.29, 0.717) is 18.7 Å². The van der Waals surface area contributed by atoms with E-state index < -0.39 is 0 Å². The van der Waals surface area contributed by atoms with E-state index in [2.05, 4.69) is 15.4 Å². The molecule has 1 aromatic carbocycles. The van der Waals surface area contributed by atoms with E-state index >= 15 is 0 Å². The molecule has 0 spiro atoms. The number of aromatic nitrogens is 3. The third kappa shape index (κ3) is 3.77. The second-order valence-corrected chi connectivity index (χ2v) is 7.01. The van der Waals surface area contributed by atoms with E-state index in [1.54, 1.807) is 23.1 Å². The molecular formula is C19H22N4O2S. The molecular weight excluding hydrogens is 348 g/mol. The van der Waals surface area contributed by atoms with Gasteiger partial charge in [-0.3, -0.25) is 9.48 Å². The zero-order chi connectivity index (χ0) is 18.7. The molecule has 0 fully saturated rings. The van der Waals surface area contributed by atoms with Crippen LogP contribution in [0, 0.1) is 13.8 Å². The molecule has 0 saturated carbocycles. The Labute approximate surface area is 156 Å². The van der Waals surface area contributed by atoms with Crippen molar-refractivity contribution in [2.75, 3.05) is 12.4 Å². The van der Waals surface area contributed by atoms with Gasteiger partial charge in [-0.1, -0.05) is 12.1 Å². The number of anilines is 1. The molecule has 2 aromatic heterocycles. The first kappa shape index (κ1) is 18.1. The molecule has 1 N–H and O–H groups in total. The molecule has 7 heteroatoms. The summed E-state index contributed by atoms with van der Waals surface area (Å²) in [6, 6.07) is 7.75. The molecule has 26 heavy (non-hydrogen) atoms. The number of nitrogens with one attached hydrogen (secondary N) is 1. The van der Waals surface area contributed by atoms with Gasteiger partial charge in [-0.25, -0.2) is 4.98 Å². The quantitative estimate of drug-likeness (QED) is 0.718. The monoisotopic (exact) mass is 370 g/mol. The molecule has 0 radical (unpaired) electrons. The van der Waals surface area contributed by atoms with Crippen LogP contribution >= 0.6 is 11.3 Å². The summed E-state index contributed by atoms with van der Waals surface area (Å²) in [6.45, 7) is 3.91. The number of nitrogens with zero attached hydrogens (tertiary/aromatic N) is 3. The second-order valence-electron chi connectivity index (χ2n) is 6.07. The summed E-state index contributed by atoms with van der Waals surface area (Å²) in [5.74, 6) is 1.47. The predicted molar refractivity (Wildman–Crippen MR) is 104 cm³/mol. The fourth-order valence-corrected chi connectivity index (χ4v) is 3.67. The Bertz CT molecular complexity index is 912. The van der Waals surface area contributed by atoms with Gasteiger partial charge in [0.15, 0.2) is 0 Å². The average Bonchev–Trinajstić information content (AvgIpc) is 3.16. The highest BCUT2D eigenvalue weighted by molar-refractivity contribution is 7.09. The molecule has 3 aromatic rings. The maximum absolute atomic E-state index is 12.5. The molecule has 3 rings (SSSR count). The Morgan fingerprint density at radius 3 is 2.58 bits per heavy atom. The van der Waals surface area contributed by atoms with Gasteiger partial charge in [-0.05, 0) is 38.0 Å². The first-order chi connectivity index (χ1) is 12.5. The average molecular weight is 370 g/mol. The van der Waals surface area contributed by atoms with Crippen LogP contribution in [0.2, 0.25) is 0 Å². The largest absolute Gasteiger partial charge is 0.497 e. The lowest BCUT2D eigenvalue weighted by Gasteiger charge is -2.10. The number of ether oxygens (including phenoxy) is 1. The van der Waals surface area contributed by atoms with Crippen molar-refractivity contribution >= 4 is 23.1 Å². The molecule has 0 bridgehead atoms. The maximum atomic E-state index is 12.5. The van der Waals surface area contributed by atoms with Gasteiger partial charge in [0.2, 0.25) is 5.91 Å². The van der Waals surface area contributed by atoms with Crippen molar-refractivity contribution in [2.45, 2.75) is 26.7 Å². The minimum absolute atomic E-state index is 0.0319. The Morgan fingerprint density at radius 1 is 1.23 bits per heavy atom. The van der Waals surface area contributed by atoms with Crippen LogP contribution in [0.1, 0.15) is 22.7 Å². The van der Waals surface area contributed by atoms with Crippen LogP contribution < -0.4 is 10.1 Å². The summed E-state index contributed by atoms with van der Waals surface area (Å²) < 4.78 is 6.93. The van der Waals surface area contributed by atoms with Gasteiger partial charge in [-0.15, -0.1) is 11.3 Å². The molecule has 0 atom stereocenters. The zero-order valence-electron chi connectivity index (χ0n) is 15.4. The number of aryl methyl sites for hydroxylation is 4. The van der Waals surface area contributed by atoms with Gasteiger partial charge < -0.3 is 10.1 Å². The van der Waals surface area contributed by atoms with Crippen LogP contribution in [0.4, 0.5) is 5.82 Å². The van der Waals surface area contributed by atoms with Crippen molar-refractivity contribution in [1.82, 2.24) is 14.8 Å². The molecule has 2 heterocycles. The number of amides is 1. The topological polar surface area (TPSA) is 69.0 Å². The molecule has 0 aliphatic heterocycles. The van der Waals surface area contributed by atoms with Crippen LogP contribution in [-0.2, 0) is 18.3 Å². The van der Waals surface area contributed by atoms with Crippen LogP contribution in [0.5, 0.6) is 5.75 Å². The number of hydrogen-bond donors (Lipinski definition) is 1. The number of rotatable bonds is 6. The van der Waals surface area contributed by atoms with E-state index in [9.17, 15) is 4.79 Å². The number of hydrogen-bond acceptors (Lipinski definition) is 5. The molecule has 0 saturated heterocycles. The lowest BCUT2D eigenvalue weighted by atomic mass is 10.1. The number of benzene rings is 1. The molecule has 1 amide bonds. The number of thiazole rings is 1. The van der Waals surface area contributed by atoms with E-state index in [4.69, 9.17) is 4.74 Å². The van der Waals surface area contributed by atoms with E-state index in [-0.39, 0.29) is 5.91 Å². The van der Waals surface area contributed by atoms with E-state index in [1.165, 1.54) is 0 Å². The number of carbonyl (C=O) groups excluding carboxylic acids is 1. The van der Waals surface area contributed by atoms with Gasteiger partial charge in [0, 0.05) is 23.9 Å². The van der Waals surface area contributed by atoms with E-state index in [1.807, 2.05) is 50.7 Å². The Morgan fingerprint density at radius 2 is 1.96 bits per heavy atom. The summed E-state index contributed by atoms with van der Waals surface area (Å²) in [4.78, 5) is 17.9. The van der Waals surface area contributed by atoms with Crippen LogP contribution in [0.3, 0.4) is 0 Å². The minimum atomic E-state index is -0.0319. The summed E-state index contributed by atoms with van der Waals surface area (Å²) in [6.07, 6.45) is 1.10. The Hall–Kier alpha value is -2.67. The summed E-state index contributed by atoms with van der Waals surface area (Å²) >= 11 is 1.59. The highest BCUT2D eigenvalue weighted by Crippen LogP contribution is 2.32. The van der Waals surface area contributed by atoms with Crippen LogP contribution in [0.15, 0.2) is 29.8 Å². The number of methoxy groups -OCH3 is 1. The summed E-state index contributed by atoms with van der Waals surface area (Å²) in [5.41, 5.74) is 5.60. The van der Waals surface area contributed by atoms with Crippen molar-refractivity contribution in [2.24, 2.45) is 7.05 Å².